The lowest BCUT2D eigenvalue weighted by Gasteiger charge is -2.48. The molecule has 0 aromatic carbocycles. The van der Waals surface area contributed by atoms with Gasteiger partial charge in [0.1, 0.15) is 73.2 Å². The Hall–Kier alpha value is -1.47. The number of ether oxygens (including phenoxy) is 6. The van der Waals surface area contributed by atoms with Crippen LogP contribution in [0.25, 0.3) is 0 Å². The van der Waals surface area contributed by atoms with Crippen molar-refractivity contribution in [1.82, 2.24) is 5.32 Å². The van der Waals surface area contributed by atoms with E-state index in [1.807, 2.05) is 6.92 Å². The van der Waals surface area contributed by atoms with Crippen LogP contribution in [-0.4, -0.2) is 193 Å². The molecule has 3 heterocycles. The Morgan fingerprint density at radius 1 is 0.636 bits per heavy atom. The number of aliphatic hydroxyl groups is 11. The lowest BCUT2D eigenvalue weighted by Crippen LogP contribution is -2.66. The lowest BCUT2D eigenvalue weighted by molar-refractivity contribution is -0.379. The van der Waals surface area contributed by atoms with Crippen LogP contribution in [0.2, 0.25) is 0 Å². The molecule has 322 valence electrons. The summed E-state index contributed by atoms with van der Waals surface area (Å²) in [5.74, 6) is -0.299. The van der Waals surface area contributed by atoms with Crippen LogP contribution in [0, 0.1) is 0 Å². The molecule has 0 bridgehead atoms. The van der Waals surface area contributed by atoms with Crippen molar-refractivity contribution in [3.63, 3.8) is 0 Å². The van der Waals surface area contributed by atoms with Gasteiger partial charge < -0.3 is 89.9 Å². The smallest absolute Gasteiger partial charge is 0.220 e. The maximum Gasteiger partial charge on any atom is 0.220 e. The van der Waals surface area contributed by atoms with Crippen LogP contribution >= 0.6 is 0 Å². The van der Waals surface area contributed by atoms with Crippen molar-refractivity contribution in [2.75, 3.05) is 26.4 Å². The molecule has 19 nitrogen and oxygen atoms in total. The number of allylic oxidation sites excluding steroid dienone is 1. The first kappa shape index (κ1) is 47.9. The number of carbonyl (C=O) groups is 1. The summed E-state index contributed by atoms with van der Waals surface area (Å²) < 4.78 is 33.6. The molecule has 19 heteroatoms. The Morgan fingerprint density at radius 2 is 1.13 bits per heavy atom. The number of rotatable bonds is 23. The van der Waals surface area contributed by atoms with Crippen LogP contribution in [-0.2, 0) is 33.2 Å². The summed E-state index contributed by atoms with van der Waals surface area (Å²) in [7, 11) is 0. The molecule has 0 aromatic heterocycles. The molecule has 17 atom stereocenters. The van der Waals surface area contributed by atoms with Gasteiger partial charge >= 0.3 is 0 Å². The molecule has 0 aromatic rings. The van der Waals surface area contributed by atoms with E-state index in [9.17, 15) is 61.0 Å². The Morgan fingerprint density at radius 3 is 1.69 bits per heavy atom. The van der Waals surface area contributed by atoms with Gasteiger partial charge in [0, 0.05) is 6.42 Å². The Labute approximate surface area is 321 Å². The first-order chi connectivity index (χ1) is 26.3. The summed E-state index contributed by atoms with van der Waals surface area (Å²) in [6.07, 6.45) is -14.7. The fourth-order valence-electron chi connectivity index (χ4n) is 6.64. The van der Waals surface area contributed by atoms with Crippen molar-refractivity contribution in [2.24, 2.45) is 0 Å². The zero-order chi connectivity index (χ0) is 40.7. The van der Waals surface area contributed by atoms with Crippen molar-refractivity contribution in [1.29, 1.82) is 0 Å². The molecule has 3 rings (SSSR count). The minimum Gasteiger partial charge on any atom is -0.394 e. The molecule has 3 aliphatic rings. The van der Waals surface area contributed by atoms with Crippen molar-refractivity contribution >= 4 is 5.91 Å². The third-order valence-electron chi connectivity index (χ3n) is 10.1. The molecular formula is C36H65NO18. The largest absolute Gasteiger partial charge is 0.394 e. The standard InChI is InChI=1S/C36H65NO18/c1-3-5-7-9-10-12-14-24(42)37-19(20(41)13-11-8-6-4-2)18-50-34-30(48)27(45)32(22(16-39)52-34)55-36-31(49)28(46)33(23(17-40)53-36)54-35-29(47)26(44)25(43)21(15-38)51-35/h11,13,19-23,25-36,38-41,43-49H,3-10,12,14-18H2,1-2H3,(H,37,42)/b13-11+. The van der Waals surface area contributed by atoms with Crippen LogP contribution in [0.3, 0.4) is 0 Å². The molecule has 1 amide bonds. The summed E-state index contributed by atoms with van der Waals surface area (Å²) in [5.41, 5.74) is 0. The van der Waals surface area contributed by atoms with Crippen molar-refractivity contribution in [3.05, 3.63) is 12.2 Å². The predicted molar refractivity (Wildman–Crippen MR) is 190 cm³/mol. The van der Waals surface area contributed by atoms with E-state index in [4.69, 9.17) is 28.4 Å². The van der Waals surface area contributed by atoms with Gasteiger partial charge in [0.25, 0.3) is 0 Å². The number of nitrogens with one attached hydrogen (secondary N) is 1. The second kappa shape index (κ2) is 24.5. The monoisotopic (exact) mass is 799 g/mol. The van der Waals surface area contributed by atoms with Crippen molar-refractivity contribution in [3.8, 4) is 0 Å². The quantitative estimate of drug-likeness (QED) is 0.0358. The Kier molecular flexibility index (Phi) is 21.3. The average Bonchev–Trinajstić information content (AvgIpc) is 3.18. The molecule has 0 aliphatic carbocycles. The zero-order valence-corrected chi connectivity index (χ0v) is 31.6. The van der Waals surface area contributed by atoms with Gasteiger partial charge in [0.05, 0.1) is 38.6 Å². The van der Waals surface area contributed by atoms with Crippen LogP contribution in [0.4, 0.5) is 0 Å². The number of unbranched alkanes of at least 4 members (excludes halogenated alkanes) is 7. The van der Waals surface area contributed by atoms with Gasteiger partial charge in [-0.2, -0.15) is 0 Å². The van der Waals surface area contributed by atoms with E-state index in [1.54, 1.807) is 12.2 Å². The molecule has 3 fully saturated rings. The minimum absolute atomic E-state index is 0.239. The highest BCUT2D eigenvalue weighted by atomic mass is 16.8. The van der Waals surface area contributed by atoms with E-state index in [0.29, 0.717) is 12.8 Å². The molecule has 0 saturated carbocycles. The molecule has 3 saturated heterocycles. The molecule has 17 unspecified atom stereocenters. The first-order valence-electron chi connectivity index (χ1n) is 19.4. The Balaban J connectivity index is 1.64. The van der Waals surface area contributed by atoms with E-state index >= 15 is 0 Å². The van der Waals surface area contributed by atoms with E-state index in [1.165, 1.54) is 0 Å². The first-order valence-corrected chi connectivity index (χ1v) is 19.4. The normalized spacial score (nSPS) is 38.2. The van der Waals surface area contributed by atoms with Gasteiger partial charge in [-0.25, -0.2) is 0 Å². The summed E-state index contributed by atoms with van der Waals surface area (Å²) in [5, 5.41) is 118. The van der Waals surface area contributed by atoms with Gasteiger partial charge in [-0.15, -0.1) is 0 Å². The van der Waals surface area contributed by atoms with E-state index in [-0.39, 0.29) is 18.9 Å². The second-order valence-electron chi connectivity index (χ2n) is 14.4. The molecule has 0 spiro atoms. The highest BCUT2D eigenvalue weighted by Crippen LogP contribution is 2.32. The third-order valence-corrected chi connectivity index (χ3v) is 10.1. The van der Waals surface area contributed by atoms with Crippen LogP contribution in [0.5, 0.6) is 0 Å². The highest BCUT2D eigenvalue weighted by molar-refractivity contribution is 5.76. The maximum atomic E-state index is 12.8. The van der Waals surface area contributed by atoms with Gasteiger partial charge in [0.2, 0.25) is 5.91 Å². The minimum atomic E-state index is -1.97. The fourth-order valence-corrected chi connectivity index (χ4v) is 6.64. The molecule has 12 N–H and O–H groups in total. The SMILES string of the molecule is CCCC/C=C/C(O)C(COC1OC(CO)C(OC2OC(CO)C(OC3OC(CO)C(O)C(O)C3O)C(O)C2O)C(O)C1O)NC(=O)CCCCCCCC. The van der Waals surface area contributed by atoms with Crippen molar-refractivity contribution < 1.29 is 89.4 Å². The predicted octanol–water partition coefficient (Wildman–Crippen LogP) is -3.21. The lowest BCUT2D eigenvalue weighted by atomic mass is 9.96. The summed E-state index contributed by atoms with van der Waals surface area (Å²) in [6.45, 7) is 1.38. The average molecular weight is 800 g/mol. The highest BCUT2D eigenvalue weighted by Gasteiger charge is 2.53. The summed E-state index contributed by atoms with van der Waals surface area (Å²) in [4.78, 5) is 12.8. The number of amides is 1. The van der Waals surface area contributed by atoms with Crippen LogP contribution in [0.1, 0.15) is 78.1 Å². The maximum absolute atomic E-state index is 12.8. The van der Waals surface area contributed by atoms with E-state index < -0.39 is 124 Å². The molecule has 55 heavy (non-hydrogen) atoms. The third kappa shape index (κ3) is 13.5. The topological polar surface area (TPSA) is 307 Å². The number of hydrogen-bond acceptors (Lipinski definition) is 18. The summed E-state index contributed by atoms with van der Waals surface area (Å²) >= 11 is 0. The van der Waals surface area contributed by atoms with Crippen LogP contribution < -0.4 is 5.32 Å². The van der Waals surface area contributed by atoms with Gasteiger partial charge in [-0.3, -0.25) is 4.79 Å². The van der Waals surface area contributed by atoms with Gasteiger partial charge in [-0.05, 0) is 12.8 Å². The van der Waals surface area contributed by atoms with Crippen LogP contribution in [0.15, 0.2) is 12.2 Å². The zero-order valence-electron chi connectivity index (χ0n) is 31.6. The Bertz CT molecular complexity index is 1100. The molecular weight excluding hydrogens is 734 g/mol. The molecule has 3 aliphatic heterocycles. The molecule has 0 radical (unpaired) electrons. The number of hydrogen-bond donors (Lipinski definition) is 12. The van der Waals surface area contributed by atoms with Gasteiger partial charge in [0.15, 0.2) is 18.9 Å². The number of aliphatic hydroxyl groups excluding tert-OH is 11. The van der Waals surface area contributed by atoms with E-state index in [2.05, 4.69) is 12.2 Å². The fraction of sp³-hybridized carbons (Fsp3) is 0.917. The summed E-state index contributed by atoms with van der Waals surface area (Å²) in [6, 6.07) is -0.958. The number of carbonyl (C=O) groups excluding carboxylic acids is 1. The second-order valence-corrected chi connectivity index (χ2v) is 14.4. The van der Waals surface area contributed by atoms with Crippen molar-refractivity contribution in [2.45, 2.75) is 182 Å². The van der Waals surface area contributed by atoms with E-state index in [0.717, 1.165) is 44.9 Å². The van der Waals surface area contributed by atoms with Gasteiger partial charge in [-0.1, -0.05) is 70.9 Å².